The van der Waals surface area contributed by atoms with Crippen LogP contribution in [0.1, 0.15) is 25.8 Å². The molecule has 0 radical (unpaired) electrons. The molecular formula is C16H26N2O4S. The minimum Gasteiger partial charge on any atom is -0.379 e. The second-order valence-electron chi connectivity index (χ2n) is 5.70. The van der Waals surface area contributed by atoms with E-state index in [2.05, 4.69) is 5.32 Å². The van der Waals surface area contributed by atoms with Crippen molar-refractivity contribution in [2.24, 2.45) is 0 Å². The lowest BCUT2D eigenvalue weighted by atomic mass is 10.1. The number of amides is 1. The Bertz CT molecular complexity index is 597. The summed E-state index contributed by atoms with van der Waals surface area (Å²) in [6, 6.07) is 6.91. The molecule has 0 aromatic heterocycles. The highest BCUT2D eigenvalue weighted by Crippen LogP contribution is 2.16. The molecule has 0 heterocycles. The van der Waals surface area contributed by atoms with Crippen molar-refractivity contribution in [1.29, 1.82) is 0 Å². The Kier molecular flexibility index (Phi) is 7.51. The first kappa shape index (κ1) is 19.4. The van der Waals surface area contributed by atoms with Crippen molar-refractivity contribution in [3.63, 3.8) is 0 Å². The number of rotatable bonds is 9. The maximum Gasteiger partial charge on any atom is 0.231 e. The molecule has 0 saturated heterocycles. The molecule has 1 rings (SSSR count). The highest BCUT2D eigenvalue weighted by Gasteiger charge is 2.11. The average molecular weight is 342 g/mol. The summed E-state index contributed by atoms with van der Waals surface area (Å²) in [6.45, 7) is 5.16. The fourth-order valence-electron chi connectivity index (χ4n) is 1.88. The molecule has 0 aliphatic carbocycles. The Morgan fingerprint density at radius 3 is 2.39 bits per heavy atom. The van der Waals surface area contributed by atoms with Gasteiger partial charge in [-0.2, -0.15) is 0 Å². The van der Waals surface area contributed by atoms with Crippen LogP contribution in [0.3, 0.4) is 0 Å². The van der Waals surface area contributed by atoms with Crippen molar-refractivity contribution in [3.8, 4) is 0 Å². The third kappa shape index (κ3) is 7.47. The number of ether oxygens (including phenoxy) is 1. The van der Waals surface area contributed by atoms with E-state index in [4.69, 9.17) is 4.74 Å². The highest BCUT2D eigenvalue weighted by atomic mass is 32.2. The maximum atomic E-state index is 11.8. The largest absolute Gasteiger partial charge is 0.379 e. The van der Waals surface area contributed by atoms with Crippen LogP contribution < -0.4 is 9.62 Å². The van der Waals surface area contributed by atoms with Crippen LogP contribution >= 0.6 is 0 Å². The lowest BCUT2D eigenvalue weighted by molar-refractivity contribution is -0.120. The lowest BCUT2D eigenvalue weighted by Gasteiger charge is -2.16. The number of nitrogens with one attached hydrogen (secondary N) is 1. The first-order valence-corrected chi connectivity index (χ1v) is 9.46. The van der Waals surface area contributed by atoms with Crippen molar-refractivity contribution in [1.82, 2.24) is 5.32 Å². The van der Waals surface area contributed by atoms with Crippen molar-refractivity contribution in [2.75, 3.05) is 30.8 Å². The fourth-order valence-corrected chi connectivity index (χ4v) is 2.39. The molecule has 7 heteroatoms. The second-order valence-corrected chi connectivity index (χ2v) is 7.71. The zero-order valence-corrected chi connectivity index (χ0v) is 15.0. The van der Waals surface area contributed by atoms with E-state index in [9.17, 15) is 13.2 Å². The number of sulfonamides is 1. The van der Waals surface area contributed by atoms with Crippen LogP contribution in [0.15, 0.2) is 24.3 Å². The van der Waals surface area contributed by atoms with Gasteiger partial charge < -0.3 is 10.1 Å². The van der Waals surface area contributed by atoms with Crippen LogP contribution in [0.25, 0.3) is 0 Å². The Labute approximate surface area is 138 Å². The molecule has 1 N–H and O–H groups in total. The SMILES string of the molecule is CC(C)OCCCNC(=O)Cc1ccc(N(C)S(C)(=O)=O)cc1. The number of carbonyl (C=O) groups is 1. The molecule has 1 aromatic carbocycles. The van der Waals surface area contributed by atoms with Gasteiger partial charge in [-0.25, -0.2) is 8.42 Å². The van der Waals surface area contributed by atoms with Crippen LogP contribution in [0.4, 0.5) is 5.69 Å². The molecule has 6 nitrogen and oxygen atoms in total. The molecule has 130 valence electrons. The van der Waals surface area contributed by atoms with Gasteiger partial charge in [0.05, 0.1) is 24.5 Å². The molecule has 1 aromatic rings. The van der Waals surface area contributed by atoms with Gasteiger partial charge in [-0.1, -0.05) is 12.1 Å². The fraction of sp³-hybridized carbons (Fsp3) is 0.562. The van der Waals surface area contributed by atoms with E-state index in [1.54, 1.807) is 24.3 Å². The quantitative estimate of drug-likeness (QED) is 0.691. The summed E-state index contributed by atoms with van der Waals surface area (Å²) in [4.78, 5) is 11.8. The lowest BCUT2D eigenvalue weighted by Crippen LogP contribution is -2.27. The third-order valence-corrected chi connectivity index (χ3v) is 4.46. The number of hydrogen-bond donors (Lipinski definition) is 1. The van der Waals surface area contributed by atoms with Gasteiger partial charge in [0.15, 0.2) is 0 Å². The van der Waals surface area contributed by atoms with Gasteiger partial charge in [0.2, 0.25) is 15.9 Å². The summed E-state index contributed by atoms with van der Waals surface area (Å²) >= 11 is 0. The number of benzene rings is 1. The number of anilines is 1. The predicted molar refractivity (Wildman–Crippen MR) is 92.1 cm³/mol. The van der Waals surface area contributed by atoms with E-state index in [0.717, 1.165) is 18.2 Å². The van der Waals surface area contributed by atoms with Gasteiger partial charge in [0.1, 0.15) is 0 Å². The first-order chi connectivity index (χ1) is 10.7. The minimum absolute atomic E-state index is 0.0567. The van der Waals surface area contributed by atoms with Gasteiger partial charge in [0, 0.05) is 20.2 Å². The summed E-state index contributed by atoms with van der Waals surface area (Å²) < 4.78 is 29.5. The Morgan fingerprint density at radius 2 is 1.87 bits per heavy atom. The van der Waals surface area contributed by atoms with E-state index in [1.807, 2.05) is 13.8 Å². The summed E-state index contributed by atoms with van der Waals surface area (Å²) in [5.74, 6) is -0.0567. The molecular weight excluding hydrogens is 316 g/mol. The maximum absolute atomic E-state index is 11.8. The van der Waals surface area contributed by atoms with Crippen LogP contribution in [0, 0.1) is 0 Å². The zero-order valence-electron chi connectivity index (χ0n) is 14.2. The van der Waals surface area contributed by atoms with E-state index in [1.165, 1.54) is 11.4 Å². The molecule has 23 heavy (non-hydrogen) atoms. The standard InChI is InChI=1S/C16H26N2O4S/c1-13(2)22-11-5-10-17-16(19)12-14-6-8-15(9-7-14)18(3)23(4,20)21/h6-9,13H,5,10-12H2,1-4H3,(H,17,19). The highest BCUT2D eigenvalue weighted by molar-refractivity contribution is 7.92. The van der Waals surface area contributed by atoms with Crippen molar-refractivity contribution in [3.05, 3.63) is 29.8 Å². The summed E-state index contributed by atoms with van der Waals surface area (Å²) in [5.41, 5.74) is 1.41. The van der Waals surface area contributed by atoms with Crippen LogP contribution in [-0.2, 0) is 26.0 Å². The van der Waals surface area contributed by atoms with Crippen molar-refractivity contribution < 1.29 is 17.9 Å². The topological polar surface area (TPSA) is 75.7 Å². The van der Waals surface area contributed by atoms with Crippen molar-refractivity contribution >= 4 is 21.6 Å². The van der Waals surface area contributed by atoms with Crippen molar-refractivity contribution in [2.45, 2.75) is 32.8 Å². The Balaban J connectivity index is 2.41. The van der Waals surface area contributed by atoms with E-state index in [0.29, 0.717) is 18.8 Å². The molecule has 0 aliphatic rings. The average Bonchev–Trinajstić information content (AvgIpc) is 2.45. The normalized spacial score (nSPS) is 11.5. The van der Waals surface area contributed by atoms with E-state index >= 15 is 0 Å². The van der Waals surface area contributed by atoms with Gasteiger partial charge in [-0.05, 0) is 38.0 Å². The molecule has 1 amide bonds. The van der Waals surface area contributed by atoms with Gasteiger partial charge in [0.25, 0.3) is 0 Å². The molecule has 0 bridgehead atoms. The second kappa shape index (κ2) is 8.88. The Morgan fingerprint density at radius 1 is 1.26 bits per heavy atom. The van der Waals surface area contributed by atoms with Crippen LogP contribution in [0.5, 0.6) is 0 Å². The van der Waals surface area contributed by atoms with Gasteiger partial charge in [-0.15, -0.1) is 0 Å². The van der Waals surface area contributed by atoms with Crippen LogP contribution in [-0.4, -0.2) is 46.9 Å². The van der Waals surface area contributed by atoms with Gasteiger partial charge in [-0.3, -0.25) is 9.10 Å². The number of nitrogens with zero attached hydrogens (tertiary/aromatic N) is 1. The zero-order chi connectivity index (χ0) is 17.5. The summed E-state index contributed by atoms with van der Waals surface area (Å²) in [6.07, 6.45) is 2.40. The number of carbonyl (C=O) groups excluding carboxylic acids is 1. The molecule has 0 unspecified atom stereocenters. The summed E-state index contributed by atoms with van der Waals surface area (Å²) in [7, 11) is -1.78. The van der Waals surface area contributed by atoms with Gasteiger partial charge >= 0.3 is 0 Å². The molecule has 0 fully saturated rings. The third-order valence-electron chi connectivity index (χ3n) is 3.26. The predicted octanol–water partition coefficient (Wildman–Crippen LogP) is 1.56. The van der Waals surface area contributed by atoms with Crippen LogP contribution in [0.2, 0.25) is 0 Å². The first-order valence-electron chi connectivity index (χ1n) is 7.61. The summed E-state index contributed by atoms with van der Waals surface area (Å²) in [5, 5.41) is 2.84. The molecule has 0 saturated carbocycles. The Hall–Kier alpha value is -1.60. The minimum atomic E-state index is -3.27. The molecule has 0 aliphatic heterocycles. The monoisotopic (exact) mass is 342 g/mol. The molecule has 0 spiro atoms. The van der Waals surface area contributed by atoms with E-state index in [-0.39, 0.29) is 18.4 Å². The molecule has 0 atom stereocenters. The number of hydrogen-bond acceptors (Lipinski definition) is 4. The van der Waals surface area contributed by atoms with E-state index < -0.39 is 10.0 Å². The smallest absolute Gasteiger partial charge is 0.231 e.